The van der Waals surface area contributed by atoms with Gasteiger partial charge < -0.3 is 10.2 Å². The third-order valence-corrected chi connectivity index (χ3v) is 3.20. The topological polar surface area (TPSA) is 73.9 Å². The summed E-state index contributed by atoms with van der Waals surface area (Å²) in [4.78, 5) is 17.1. The van der Waals surface area contributed by atoms with Crippen LogP contribution in [0.2, 0.25) is 0 Å². The molecule has 1 amide bonds. The van der Waals surface area contributed by atoms with Crippen LogP contribution < -0.4 is 5.32 Å². The van der Waals surface area contributed by atoms with Crippen LogP contribution in [0.15, 0.2) is 6.33 Å². The molecule has 0 spiro atoms. The second-order valence-corrected chi connectivity index (χ2v) is 4.42. The first-order chi connectivity index (χ1) is 8.25. The van der Waals surface area contributed by atoms with E-state index in [1.165, 1.54) is 6.33 Å². The normalized spacial score (nSPS) is 17.4. The van der Waals surface area contributed by atoms with Crippen molar-refractivity contribution < 1.29 is 4.79 Å². The summed E-state index contributed by atoms with van der Waals surface area (Å²) in [6.45, 7) is 4.28. The maximum absolute atomic E-state index is 11.2. The standard InChI is InChI=1S/C11H19N5O/c1-9(17)16-6-3-10(4-7-16)12-5-2-11-13-8-14-15-11/h8,10,12H,2-7H2,1H3,(H,13,14,15). The first-order valence-corrected chi connectivity index (χ1v) is 6.09. The van der Waals surface area contributed by atoms with Crippen molar-refractivity contribution in [2.75, 3.05) is 19.6 Å². The Bertz CT molecular complexity index is 343. The maximum atomic E-state index is 11.2. The van der Waals surface area contributed by atoms with Gasteiger partial charge in [-0.15, -0.1) is 0 Å². The minimum absolute atomic E-state index is 0.185. The molecular formula is C11H19N5O. The van der Waals surface area contributed by atoms with Gasteiger partial charge in [-0.3, -0.25) is 9.89 Å². The highest BCUT2D eigenvalue weighted by Gasteiger charge is 2.19. The van der Waals surface area contributed by atoms with E-state index in [2.05, 4.69) is 20.5 Å². The molecule has 0 bridgehead atoms. The van der Waals surface area contributed by atoms with Crippen LogP contribution in [0, 0.1) is 0 Å². The zero-order valence-corrected chi connectivity index (χ0v) is 10.1. The molecule has 6 nitrogen and oxygen atoms in total. The molecule has 94 valence electrons. The van der Waals surface area contributed by atoms with Crippen LogP contribution in [0.25, 0.3) is 0 Å². The number of H-pyrrole nitrogens is 1. The zero-order valence-electron chi connectivity index (χ0n) is 10.1. The molecule has 1 aliphatic rings. The minimum atomic E-state index is 0.185. The number of nitrogens with zero attached hydrogens (tertiary/aromatic N) is 3. The van der Waals surface area contributed by atoms with Gasteiger partial charge in [0.15, 0.2) is 0 Å². The predicted molar refractivity (Wildman–Crippen MR) is 63.4 cm³/mol. The summed E-state index contributed by atoms with van der Waals surface area (Å²) in [7, 11) is 0. The molecule has 2 N–H and O–H groups in total. The summed E-state index contributed by atoms with van der Waals surface area (Å²) in [5.41, 5.74) is 0. The third kappa shape index (κ3) is 3.52. The van der Waals surface area contributed by atoms with E-state index in [1.54, 1.807) is 6.92 Å². The van der Waals surface area contributed by atoms with Gasteiger partial charge in [-0.25, -0.2) is 4.98 Å². The molecule has 2 heterocycles. The van der Waals surface area contributed by atoms with Crippen molar-refractivity contribution in [3.05, 3.63) is 12.2 Å². The summed E-state index contributed by atoms with van der Waals surface area (Å²) in [5.74, 6) is 1.10. The Kier molecular flexibility index (Phi) is 4.08. The van der Waals surface area contributed by atoms with Gasteiger partial charge in [-0.05, 0) is 12.8 Å². The van der Waals surface area contributed by atoms with Gasteiger partial charge >= 0.3 is 0 Å². The Morgan fingerprint density at radius 3 is 2.94 bits per heavy atom. The molecule has 1 aliphatic heterocycles. The number of piperidine rings is 1. The highest BCUT2D eigenvalue weighted by molar-refractivity contribution is 5.73. The number of hydrogen-bond donors (Lipinski definition) is 2. The molecule has 1 aromatic rings. The molecule has 1 saturated heterocycles. The van der Waals surface area contributed by atoms with Crippen LogP contribution in [0.3, 0.4) is 0 Å². The zero-order chi connectivity index (χ0) is 12.1. The quantitative estimate of drug-likeness (QED) is 0.770. The number of rotatable bonds is 4. The molecule has 0 radical (unpaired) electrons. The lowest BCUT2D eigenvalue weighted by molar-refractivity contribution is -0.129. The smallest absolute Gasteiger partial charge is 0.219 e. The lowest BCUT2D eigenvalue weighted by Crippen LogP contribution is -2.44. The molecule has 2 rings (SSSR count). The van der Waals surface area contributed by atoms with Crippen molar-refractivity contribution in [2.45, 2.75) is 32.2 Å². The number of likely N-dealkylation sites (tertiary alicyclic amines) is 1. The van der Waals surface area contributed by atoms with Crippen molar-refractivity contribution >= 4 is 5.91 Å². The Hall–Kier alpha value is -1.43. The van der Waals surface area contributed by atoms with Gasteiger partial charge in [0, 0.05) is 39.0 Å². The van der Waals surface area contributed by atoms with E-state index < -0.39 is 0 Å². The first-order valence-electron chi connectivity index (χ1n) is 6.09. The molecule has 0 atom stereocenters. The molecule has 1 fully saturated rings. The average Bonchev–Trinajstić information content (AvgIpc) is 2.83. The highest BCUT2D eigenvalue weighted by Crippen LogP contribution is 2.10. The highest BCUT2D eigenvalue weighted by atomic mass is 16.2. The van der Waals surface area contributed by atoms with Crippen LogP contribution in [0.5, 0.6) is 0 Å². The van der Waals surface area contributed by atoms with E-state index in [0.29, 0.717) is 6.04 Å². The summed E-state index contributed by atoms with van der Waals surface area (Å²) < 4.78 is 0. The van der Waals surface area contributed by atoms with Crippen LogP contribution >= 0.6 is 0 Å². The van der Waals surface area contributed by atoms with Gasteiger partial charge in [0.05, 0.1) is 0 Å². The lowest BCUT2D eigenvalue weighted by atomic mass is 10.1. The molecular weight excluding hydrogens is 218 g/mol. The van der Waals surface area contributed by atoms with Gasteiger partial charge in [-0.2, -0.15) is 5.10 Å². The van der Waals surface area contributed by atoms with Crippen LogP contribution in [-0.4, -0.2) is 51.7 Å². The molecule has 0 saturated carbocycles. The summed E-state index contributed by atoms with van der Waals surface area (Å²) in [6.07, 6.45) is 4.47. The predicted octanol–water partition coefficient (Wildman–Crippen LogP) is -0.0523. The molecule has 1 aromatic heterocycles. The van der Waals surface area contributed by atoms with E-state index in [4.69, 9.17) is 0 Å². The first kappa shape index (κ1) is 12.0. The van der Waals surface area contributed by atoms with Crippen LogP contribution in [-0.2, 0) is 11.2 Å². The van der Waals surface area contributed by atoms with Gasteiger partial charge in [0.25, 0.3) is 0 Å². The number of nitrogens with one attached hydrogen (secondary N) is 2. The SMILES string of the molecule is CC(=O)N1CCC(NCCc2ncn[nH]2)CC1. The summed E-state index contributed by atoms with van der Waals surface area (Å²) >= 11 is 0. The average molecular weight is 237 g/mol. The fraction of sp³-hybridized carbons (Fsp3) is 0.727. The number of carbonyl (C=O) groups excluding carboxylic acids is 1. The van der Waals surface area contributed by atoms with Crippen molar-refractivity contribution in [1.29, 1.82) is 0 Å². The number of amides is 1. The van der Waals surface area contributed by atoms with Crippen molar-refractivity contribution in [1.82, 2.24) is 25.4 Å². The van der Waals surface area contributed by atoms with E-state index >= 15 is 0 Å². The molecule has 0 aliphatic carbocycles. The lowest BCUT2D eigenvalue weighted by Gasteiger charge is -2.31. The second kappa shape index (κ2) is 5.77. The van der Waals surface area contributed by atoms with Crippen LogP contribution in [0.4, 0.5) is 0 Å². The number of hydrogen-bond acceptors (Lipinski definition) is 4. The molecule has 0 aromatic carbocycles. The third-order valence-electron chi connectivity index (χ3n) is 3.20. The van der Waals surface area contributed by atoms with E-state index in [0.717, 1.165) is 44.7 Å². The van der Waals surface area contributed by atoms with E-state index in [-0.39, 0.29) is 5.91 Å². The van der Waals surface area contributed by atoms with Gasteiger partial charge in [-0.1, -0.05) is 0 Å². The number of aromatic amines is 1. The molecule has 17 heavy (non-hydrogen) atoms. The Morgan fingerprint density at radius 1 is 1.59 bits per heavy atom. The Balaban J connectivity index is 1.63. The number of carbonyl (C=O) groups is 1. The fourth-order valence-corrected chi connectivity index (χ4v) is 2.14. The second-order valence-electron chi connectivity index (χ2n) is 4.42. The Labute approximate surface area is 101 Å². The monoisotopic (exact) mass is 237 g/mol. The number of aromatic nitrogens is 3. The van der Waals surface area contributed by atoms with Crippen molar-refractivity contribution in [3.63, 3.8) is 0 Å². The van der Waals surface area contributed by atoms with Crippen molar-refractivity contribution in [3.8, 4) is 0 Å². The largest absolute Gasteiger partial charge is 0.343 e. The molecule has 6 heteroatoms. The van der Waals surface area contributed by atoms with Crippen molar-refractivity contribution in [2.24, 2.45) is 0 Å². The maximum Gasteiger partial charge on any atom is 0.219 e. The van der Waals surface area contributed by atoms with E-state index in [1.807, 2.05) is 4.90 Å². The molecule has 0 unspecified atom stereocenters. The Morgan fingerprint density at radius 2 is 2.35 bits per heavy atom. The van der Waals surface area contributed by atoms with Gasteiger partial charge in [0.2, 0.25) is 5.91 Å². The van der Waals surface area contributed by atoms with Gasteiger partial charge in [0.1, 0.15) is 12.2 Å². The fourth-order valence-electron chi connectivity index (χ4n) is 2.14. The van der Waals surface area contributed by atoms with Crippen LogP contribution in [0.1, 0.15) is 25.6 Å². The minimum Gasteiger partial charge on any atom is -0.343 e. The summed E-state index contributed by atoms with van der Waals surface area (Å²) in [5, 5.41) is 10.1. The van der Waals surface area contributed by atoms with E-state index in [9.17, 15) is 4.79 Å². The summed E-state index contributed by atoms with van der Waals surface area (Å²) in [6, 6.07) is 0.522.